The van der Waals surface area contributed by atoms with E-state index in [-0.39, 0.29) is 6.04 Å². The van der Waals surface area contributed by atoms with Gasteiger partial charge in [-0.3, -0.25) is 0 Å². The number of rotatable bonds is 4. The molecule has 1 atom stereocenters. The van der Waals surface area contributed by atoms with Crippen LogP contribution in [0.3, 0.4) is 0 Å². The van der Waals surface area contributed by atoms with Crippen LogP contribution in [0.4, 0.5) is 0 Å². The first-order valence-corrected chi connectivity index (χ1v) is 6.77. The van der Waals surface area contributed by atoms with Crippen molar-refractivity contribution in [3.63, 3.8) is 0 Å². The Kier molecular flexibility index (Phi) is 4.28. The molecule has 0 heterocycles. The topological polar surface area (TPSA) is 46.2 Å². The summed E-state index contributed by atoms with van der Waals surface area (Å²) < 4.78 is 0. The molecule has 0 spiro atoms. The second-order valence-corrected chi connectivity index (χ2v) is 5.50. The molecule has 2 aromatic carbocycles. The van der Waals surface area contributed by atoms with E-state index in [4.69, 9.17) is 5.73 Å². The molecule has 0 unspecified atom stereocenters. The maximum Gasteiger partial charge on any atom is 0.115 e. The number of phenolic OH excluding ortho intramolecular Hbond substituents is 1. The van der Waals surface area contributed by atoms with Gasteiger partial charge in [0.15, 0.2) is 0 Å². The first-order valence-electron chi connectivity index (χ1n) is 5.95. The van der Waals surface area contributed by atoms with Gasteiger partial charge in [-0.05, 0) is 49.2 Å². The van der Waals surface area contributed by atoms with Crippen LogP contribution in [0.2, 0.25) is 0 Å². The number of benzene rings is 2. The van der Waals surface area contributed by atoms with E-state index in [0.29, 0.717) is 5.75 Å². The van der Waals surface area contributed by atoms with Crippen LogP contribution in [0.15, 0.2) is 58.3 Å². The lowest BCUT2D eigenvalue weighted by Crippen LogP contribution is -2.18. The van der Waals surface area contributed by atoms with Crippen LogP contribution < -0.4 is 5.73 Å². The van der Waals surface area contributed by atoms with Crippen molar-refractivity contribution >= 4 is 11.8 Å². The Hall–Kier alpha value is -1.45. The molecule has 2 aromatic rings. The van der Waals surface area contributed by atoms with E-state index >= 15 is 0 Å². The number of hydrogen-bond donors (Lipinski definition) is 2. The van der Waals surface area contributed by atoms with Gasteiger partial charge in [-0.15, -0.1) is 0 Å². The maximum atomic E-state index is 9.27. The number of phenols is 1. The summed E-state index contributed by atoms with van der Waals surface area (Å²) in [6.45, 7) is 2.02. The molecule has 0 saturated heterocycles. The lowest BCUT2D eigenvalue weighted by Gasteiger charge is -2.11. The van der Waals surface area contributed by atoms with Crippen molar-refractivity contribution in [3.05, 3.63) is 54.1 Å². The fraction of sp³-hybridized carbons (Fsp3) is 0.200. The van der Waals surface area contributed by atoms with E-state index in [1.807, 2.05) is 31.2 Å². The lowest BCUT2D eigenvalue weighted by atomic mass is 10.1. The molecule has 3 heteroatoms. The van der Waals surface area contributed by atoms with Gasteiger partial charge in [0.1, 0.15) is 5.75 Å². The van der Waals surface area contributed by atoms with E-state index in [2.05, 4.69) is 12.1 Å². The van der Waals surface area contributed by atoms with Gasteiger partial charge in [0.2, 0.25) is 0 Å². The average molecular weight is 259 g/mol. The molecule has 18 heavy (non-hydrogen) atoms. The molecule has 0 saturated carbocycles. The van der Waals surface area contributed by atoms with Crippen molar-refractivity contribution in [3.8, 4) is 5.75 Å². The average Bonchev–Trinajstić information content (AvgIpc) is 2.34. The smallest absolute Gasteiger partial charge is 0.115 e. The molecule has 3 N–H and O–H groups in total. The minimum Gasteiger partial charge on any atom is -0.508 e. The fourth-order valence-corrected chi connectivity index (χ4v) is 2.72. The highest BCUT2D eigenvalue weighted by Crippen LogP contribution is 2.31. The van der Waals surface area contributed by atoms with E-state index in [9.17, 15) is 5.11 Å². The lowest BCUT2D eigenvalue weighted by molar-refractivity contribution is 0.475. The Bertz CT molecular complexity index is 508. The zero-order chi connectivity index (χ0) is 13.0. The normalized spacial score (nSPS) is 12.3. The molecular weight excluding hydrogens is 242 g/mol. The van der Waals surface area contributed by atoms with E-state index in [1.54, 1.807) is 23.9 Å². The van der Waals surface area contributed by atoms with Crippen LogP contribution in [0.5, 0.6) is 5.75 Å². The van der Waals surface area contributed by atoms with Gasteiger partial charge in [0, 0.05) is 15.8 Å². The number of hydrogen-bond acceptors (Lipinski definition) is 3. The molecule has 94 valence electrons. The zero-order valence-corrected chi connectivity index (χ0v) is 11.2. The third kappa shape index (κ3) is 3.52. The summed E-state index contributed by atoms with van der Waals surface area (Å²) in [6.07, 6.45) is 0.876. The summed E-state index contributed by atoms with van der Waals surface area (Å²) in [5.74, 6) is 0.295. The molecule has 0 aromatic heterocycles. The van der Waals surface area contributed by atoms with Crippen LogP contribution >= 0.6 is 11.8 Å². The Morgan fingerprint density at radius 3 is 2.44 bits per heavy atom. The van der Waals surface area contributed by atoms with Gasteiger partial charge >= 0.3 is 0 Å². The standard InChI is InChI=1S/C15H17NOS/c1-11(16)10-12-4-2-3-5-15(12)18-14-8-6-13(17)7-9-14/h2-9,11,17H,10,16H2,1H3/t11-/m1/s1. The predicted octanol–water partition coefficient (Wildman–Crippen LogP) is 3.43. The molecule has 0 radical (unpaired) electrons. The van der Waals surface area contributed by atoms with Crippen LogP contribution in [0, 0.1) is 0 Å². The SMILES string of the molecule is C[C@@H](N)Cc1ccccc1Sc1ccc(O)cc1. The van der Waals surface area contributed by atoms with E-state index < -0.39 is 0 Å². The summed E-state index contributed by atoms with van der Waals surface area (Å²) in [4.78, 5) is 2.34. The van der Waals surface area contributed by atoms with Crippen molar-refractivity contribution in [1.82, 2.24) is 0 Å². The summed E-state index contributed by atoms with van der Waals surface area (Å²) in [5.41, 5.74) is 7.13. The van der Waals surface area contributed by atoms with Crippen molar-refractivity contribution in [2.45, 2.75) is 29.2 Å². The summed E-state index contributed by atoms with van der Waals surface area (Å²) in [6, 6.07) is 15.7. The number of nitrogens with two attached hydrogens (primary N) is 1. The fourth-order valence-electron chi connectivity index (χ4n) is 1.76. The minimum absolute atomic E-state index is 0.159. The Morgan fingerprint density at radius 1 is 1.11 bits per heavy atom. The zero-order valence-electron chi connectivity index (χ0n) is 10.3. The Balaban J connectivity index is 2.20. The third-order valence-electron chi connectivity index (χ3n) is 2.58. The molecule has 0 fully saturated rings. The first-order chi connectivity index (χ1) is 8.65. The highest BCUT2D eigenvalue weighted by molar-refractivity contribution is 7.99. The monoisotopic (exact) mass is 259 g/mol. The number of aromatic hydroxyl groups is 1. The minimum atomic E-state index is 0.159. The van der Waals surface area contributed by atoms with Crippen molar-refractivity contribution in [2.75, 3.05) is 0 Å². The highest BCUT2D eigenvalue weighted by atomic mass is 32.2. The van der Waals surface area contributed by atoms with Gasteiger partial charge in [-0.2, -0.15) is 0 Å². The molecule has 0 aliphatic heterocycles. The van der Waals surface area contributed by atoms with E-state index in [1.165, 1.54) is 10.5 Å². The molecule has 0 aliphatic rings. The highest BCUT2D eigenvalue weighted by Gasteiger charge is 2.06. The largest absolute Gasteiger partial charge is 0.508 e. The quantitative estimate of drug-likeness (QED) is 0.884. The van der Waals surface area contributed by atoms with Crippen LogP contribution in [0.25, 0.3) is 0 Å². The predicted molar refractivity (Wildman–Crippen MR) is 76.0 cm³/mol. The van der Waals surface area contributed by atoms with Gasteiger partial charge in [0.05, 0.1) is 0 Å². The Labute approximate surface area is 112 Å². The third-order valence-corrected chi connectivity index (χ3v) is 3.71. The van der Waals surface area contributed by atoms with Crippen LogP contribution in [-0.2, 0) is 6.42 Å². The van der Waals surface area contributed by atoms with Crippen molar-refractivity contribution in [1.29, 1.82) is 0 Å². The molecular formula is C15H17NOS. The van der Waals surface area contributed by atoms with Gasteiger partial charge < -0.3 is 10.8 Å². The molecule has 0 bridgehead atoms. The second kappa shape index (κ2) is 5.94. The first kappa shape index (κ1) is 13.0. The van der Waals surface area contributed by atoms with Crippen LogP contribution in [-0.4, -0.2) is 11.1 Å². The summed E-state index contributed by atoms with van der Waals surface area (Å²) in [7, 11) is 0. The van der Waals surface area contributed by atoms with Crippen molar-refractivity contribution in [2.24, 2.45) is 5.73 Å². The maximum absolute atomic E-state index is 9.27. The van der Waals surface area contributed by atoms with E-state index in [0.717, 1.165) is 11.3 Å². The molecule has 0 amide bonds. The van der Waals surface area contributed by atoms with Gasteiger partial charge in [-0.1, -0.05) is 30.0 Å². The van der Waals surface area contributed by atoms with Gasteiger partial charge in [0.25, 0.3) is 0 Å². The van der Waals surface area contributed by atoms with Crippen LogP contribution in [0.1, 0.15) is 12.5 Å². The molecule has 2 nitrogen and oxygen atoms in total. The van der Waals surface area contributed by atoms with Gasteiger partial charge in [-0.25, -0.2) is 0 Å². The molecule has 0 aliphatic carbocycles. The van der Waals surface area contributed by atoms with Crippen molar-refractivity contribution < 1.29 is 5.11 Å². The summed E-state index contributed by atoms with van der Waals surface area (Å²) >= 11 is 1.70. The second-order valence-electron chi connectivity index (χ2n) is 4.39. The molecule has 2 rings (SSSR count). The Morgan fingerprint density at radius 2 is 1.78 bits per heavy atom. The summed E-state index contributed by atoms with van der Waals surface area (Å²) in [5, 5.41) is 9.27.